The topological polar surface area (TPSA) is 64.0 Å². The van der Waals surface area contributed by atoms with Gasteiger partial charge in [-0.25, -0.2) is 4.68 Å². The molecule has 1 N–H and O–H groups in total. The Bertz CT molecular complexity index is 1260. The second-order valence-corrected chi connectivity index (χ2v) is 7.23. The van der Waals surface area contributed by atoms with Gasteiger partial charge in [-0.1, -0.05) is 48.5 Å². The predicted molar refractivity (Wildman–Crippen MR) is 115 cm³/mol. The number of rotatable bonds is 5. The summed E-state index contributed by atoms with van der Waals surface area (Å²) in [4.78, 5) is 25.2. The molecule has 1 amide bonds. The minimum Gasteiger partial charge on any atom is -0.352 e. The average Bonchev–Trinajstić information content (AvgIpc) is 3.38. The summed E-state index contributed by atoms with van der Waals surface area (Å²) in [6, 6.07) is 24.7. The van der Waals surface area contributed by atoms with Gasteiger partial charge in [0.15, 0.2) is 5.78 Å². The number of para-hydroxylation sites is 1. The van der Waals surface area contributed by atoms with E-state index in [9.17, 15) is 9.59 Å². The average molecular weight is 393 g/mol. The zero-order valence-corrected chi connectivity index (χ0v) is 16.2. The summed E-state index contributed by atoms with van der Waals surface area (Å²) in [5.74, 6) is -0.217. The Morgan fingerprint density at radius 1 is 0.833 bits per heavy atom. The first kappa shape index (κ1) is 18.1. The molecule has 5 heteroatoms. The maximum atomic E-state index is 12.6. The van der Waals surface area contributed by atoms with Gasteiger partial charge in [-0.3, -0.25) is 9.59 Å². The summed E-state index contributed by atoms with van der Waals surface area (Å²) in [5.41, 5.74) is 5.49. The highest BCUT2D eigenvalue weighted by atomic mass is 16.1. The molecule has 0 saturated carbocycles. The number of hydrogen-bond acceptors (Lipinski definition) is 3. The largest absolute Gasteiger partial charge is 0.352 e. The zero-order chi connectivity index (χ0) is 20.5. The van der Waals surface area contributed by atoms with Crippen LogP contribution in [0.25, 0.3) is 16.8 Å². The minimum atomic E-state index is -0.191. The molecule has 0 atom stereocenters. The van der Waals surface area contributed by atoms with Crippen LogP contribution in [0.4, 0.5) is 0 Å². The van der Waals surface area contributed by atoms with E-state index < -0.39 is 0 Å². The molecule has 1 aliphatic rings. The van der Waals surface area contributed by atoms with Crippen LogP contribution in [-0.4, -0.2) is 28.0 Å². The zero-order valence-electron chi connectivity index (χ0n) is 16.2. The molecule has 4 aromatic rings. The van der Waals surface area contributed by atoms with Crippen LogP contribution in [-0.2, 0) is 6.42 Å². The van der Waals surface area contributed by atoms with Crippen LogP contribution >= 0.6 is 0 Å². The van der Waals surface area contributed by atoms with Crippen LogP contribution < -0.4 is 5.32 Å². The quantitative estimate of drug-likeness (QED) is 0.490. The number of amides is 1. The number of aromatic nitrogens is 2. The second-order valence-electron chi connectivity index (χ2n) is 7.23. The van der Waals surface area contributed by atoms with E-state index in [-0.39, 0.29) is 11.7 Å². The molecule has 0 aliphatic heterocycles. The van der Waals surface area contributed by atoms with Crippen molar-refractivity contribution in [2.45, 2.75) is 6.42 Å². The van der Waals surface area contributed by atoms with Gasteiger partial charge >= 0.3 is 0 Å². The first-order chi connectivity index (χ1) is 14.7. The number of benzene rings is 3. The molecule has 1 aliphatic carbocycles. The number of nitrogens with one attached hydrogen (secondary N) is 1. The lowest BCUT2D eigenvalue weighted by molar-refractivity contribution is 0.0954. The van der Waals surface area contributed by atoms with E-state index in [1.54, 1.807) is 12.1 Å². The van der Waals surface area contributed by atoms with Gasteiger partial charge in [0.2, 0.25) is 0 Å². The van der Waals surface area contributed by atoms with Crippen LogP contribution in [0, 0.1) is 0 Å². The molecule has 30 heavy (non-hydrogen) atoms. The summed E-state index contributed by atoms with van der Waals surface area (Å²) in [6.07, 6.45) is 2.54. The standard InChI is InChI=1S/C25H19N3O2/c29-24-22-9-5-4-8-20(22)21-11-10-17(16-23(21)24)25(30)26-14-12-18-13-15-28(27-18)19-6-2-1-3-7-19/h1-11,13,15-16H,12,14H2,(H,26,30). The highest BCUT2D eigenvalue weighted by Crippen LogP contribution is 2.36. The SMILES string of the molecule is O=C(NCCc1ccn(-c2ccccc2)n1)c1ccc2c(c1)C(=O)c1ccccc1-2. The summed E-state index contributed by atoms with van der Waals surface area (Å²) in [6.45, 7) is 0.468. The fraction of sp³-hybridized carbons (Fsp3) is 0.0800. The summed E-state index contributed by atoms with van der Waals surface area (Å²) < 4.78 is 1.82. The summed E-state index contributed by atoms with van der Waals surface area (Å²) in [7, 11) is 0. The normalized spacial score (nSPS) is 11.8. The van der Waals surface area contributed by atoms with E-state index in [1.165, 1.54) is 0 Å². The lowest BCUT2D eigenvalue weighted by Crippen LogP contribution is -2.26. The molecule has 5 nitrogen and oxygen atoms in total. The third-order valence-electron chi connectivity index (χ3n) is 5.32. The van der Waals surface area contributed by atoms with Crippen molar-refractivity contribution in [3.63, 3.8) is 0 Å². The molecule has 1 aromatic heterocycles. The van der Waals surface area contributed by atoms with Gasteiger partial charge in [0.05, 0.1) is 11.4 Å². The molecular formula is C25H19N3O2. The van der Waals surface area contributed by atoms with Crippen molar-refractivity contribution in [2.24, 2.45) is 0 Å². The molecule has 0 bridgehead atoms. The number of ketones is 1. The van der Waals surface area contributed by atoms with Crippen molar-refractivity contribution in [2.75, 3.05) is 6.54 Å². The number of fused-ring (bicyclic) bond motifs is 3. The molecule has 146 valence electrons. The van der Waals surface area contributed by atoms with E-state index in [2.05, 4.69) is 10.4 Å². The Morgan fingerprint density at radius 3 is 2.40 bits per heavy atom. The number of nitrogens with zero attached hydrogens (tertiary/aromatic N) is 2. The number of carbonyl (C=O) groups excluding carboxylic acids is 2. The van der Waals surface area contributed by atoms with Gasteiger partial charge in [-0.15, -0.1) is 0 Å². The lowest BCUT2D eigenvalue weighted by Gasteiger charge is -2.06. The molecule has 0 fully saturated rings. The van der Waals surface area contributed by atoms with Crippen LogP contribution in [0.3, 0.4) is 0 Å². The van der Waals surface area contributed by atoms with E-state index in [1.807, 2.05) is 77.6 Å². The Hall–Kier alpha value is -3.99. The maximum Gasteiger partial charge on any atom is 0.251 e. The van der Waals surface area contributed by atoms with Crippen LogP contribution in [0.5, 0.6) is 0 Å². The Labute approximate surface area is 174 Å². The van der Waals surface area contributed by atoms with Crippen molar-refractivity contribution in [3.8, 4) is 16.8 Å². The molecule has 0 unspecified atom stereocenters. The fourth-order valence-electron chi connectivity index (χ4n) is 3.79. The highest BCUT2D eigenvalue weighted by molar-refractivity contribution is 6.22. The van der Waals surface area contributed by atoms with Gasteiger partial charge in [0.25, 0.3) is 5.91 Å². The van der Waals surface area contributed by atoms with Crippen molar-refractivity contribution < 1.29 is 9.59 Å². The second kappa shape index (κ2) is 7.44. The maximum absolute atomic E-state index is 12.6. The molecule has 3 aromatic carbocycles. The summed E-state index contributed by atoms with van der Waals surface area (Å²) >= 11 is 0. The van der Waals surface area contributed by atoms with Crippen molar-refractivity contribution in [3.05, 3.63) is 107 Å². The fourth-order valence-corrected chi connectivity index (χ4v) is 3.79. The molecule has 0 spiro atoms. The third kappa shape index (κ3) is 3.20. The van der Waals surface area contributed by atoms with E-state index in [0.29, 0.717) is 29.7 Å². The van der Waals surface area contributed by atoms with Crippen molar-refractivity contribution >= 4 is 11.7 Å². The molecule has 0 radical (unpaired) electrons. The first-order valence-electron chi connectivity index (χ1n) is 9.87. The van der Waals surface area contributed by atoms with E-state index in [4.69, 9.17) is 0 Å². The number of carbonyl (C=O) groups is 2. The van der Waals surface area contributed by atoms with Gasteiger partial charge in [0, 0.05) is 35.9 Å². The van der Waals surface area contributed by atoms with E-state index >= 15 is 0 Å². The molecule has 5 rings (SSSR count). The highest BCUT2D eigenvalue weighted by Gasteiger charge is 2.26. The molecule has 0 saturated heterocycles. The van der Waals surface area contributed by atoms with Crippen LogP contribution in [0.1, 0.15) is 32.0 Å². The monoisotopic (exact) mass is 393 g/mol. The number of hydrogen-bond donors (Lipinski definition) is 1. The van der Waals surface area contributed by atoms with Gasteiger partial charge in [0.1, 0.15) is 0 Å². The predicted octanol–water partition coefficient (Wildman–Crippen LogP) is 4.06. The Morgan fingerprint density at radius 2 is 1.57 bits per heavy atom. The van der Waals surface area contributed by atoms with Crippen LogP contribution in [0.2, 0.25) is 0 Å². The van der Waals surface area contributed by atoms with Crippen molar-refractivity contribution in [1.82, 2.24) is 15.1 Å². The van der Waals surface area contributed by atoms with Gasteiger partial charge in [-0.2, -0.15) is 5.10 Å². The summed E-state index contributed by atoms with van der Waals surface area (Å²) in [5, 5.41) is 7.48. The van der Waals surface area contributed by atoms with Crippen LogP contribution in [0.15, 0.2) is 85.1 Å². The third-order valence-corrected chi connectivity index (χ3v) is 5.32. The van der Waals surface area contributed by atoms with Crippen molar-refractivity contribution in [1.29, 1.82) is 0 Å². The Balaban J connectivity index is 1.24. The smallest absolute Gasteiger partial charge is 0.251 e. The van der Waals surface area contributed by atoms with E-state index in [0.717, 1.165) is 22.5 Å². The van der Waals surface area contributed by atoms with Gasteiger partial charge < -0.3 is 5.32 Å². The Kier molecular flexibility index (Phi) is 4.48. The first-order valence-corrected chi connectivity index (χ1v) is 9.87. The molecular weight excluding hydrogens is 374 g/mol. The minimum absolute atomic E-state index is 0.0262. The lowest BCUT2D eigenvalue weighted by atomic mass is 10.0. The van der Waals surface area contributed by atoms with Gasteiger partial charge in [-0.05, 0) is 41.5 Å². The molecule has 1 heterocycles.